The first-order valence-corrected chi connectivity index (χ1v) is 10.4. The summed E-state index contributed by atoms with van der Waals surface area (Å²) in [5.74, 6) is 0.978. The lowest BCUT2D eigenvalue weighted by Crippen LogP contribution is -2.29. The van der Waals surface area contributed by atoms with E-state index in [1.807, 2.05) is 35.0 Å². The average molecular weight is 419 g/mol. The number of hydrogen-bond donors (Lipinski definition) is 3. The van der Waals surface area contributed by atoms with Gasteiger partial charge in [0.1, 0.15) is 23.9 Å². The zero-order valence-electron chi connectivity index (χ0n) is 17.2. The number of ether oxygens (including phenoxy) is 1. The fourth-order valence-corrected chi connectivity index (χ4v) is 4.73. The van der Waals surface area contributed by atoms with Crippen LogP contribution in [0.5, 0.6) is 5.88 Å². The highest BCUT2D eigenvalue weighted by molar-refractivity contribution is 5.81. The van der Waals surface area contributed by atoms with Gasteiger partial charge in [0.2, 0.25) is 5.88 Å². The zero-order valence-corrected chi connectivity index (χ0v) is 17.2. The highest BCUT2D eigenvalue weighted by Crippen LogP contribution is 2.40. The summed E-state index contributed by atoms with van der Waals surface area (Å²) in [5.41, 5.74) is 8.51. The van der Waals surface area contributed by atoms with E-state index >= 15 is 0 Å². The van der Waals surface area contributed by atoms with Crippen LogP contribution in [0.15, 0.2) is 48.9 Å². The topological polar surface area (TPSA) is 119 Å². The molecule has 8 nitrogen and oxygen atoms in total. The summed E-state index contributed by atoms with van der Waals surface area (Å²) in [5, 5.41) is 23.4. The van der Waals surface area contributed by atoms with E-state index in [2.05, 4.69) is 21.0 Å². The number of benzene rings is 1. The monoisotopic (exact) mass is 419 g/mol. The van der Waals surface area contributed by atoms with Gasteiger partial charge >= 0.3 is 0 Å². The molecule has 3 heterocycles. The number of aliphatic hydroxyl groups is 2. The Morgan fingerprint density at radius 1 is 1.13 bits per heavy atom. The zero-order chi connectivity index (χ0) is 21.5. The largest absolute Gasteiger partial charge is 0.480 e. The van der Waals surface area contributed by atoms with E-state index in [1.165, 1.54) is 6.33 Å². The van der Waals surface area contributed by atoms with Crippen molar-refractivity contribution in [2.75, 3.05) is 12.8 Å². The van der Waals surface area contributed by atoms with Crippen LogP contribution in [0.2, 0.25) is 0 Å². The first-order valence-electron chi connectivity index (χ1n) is 10.4. The smallest absolute Gasteiger partial charge is 0.225 e. The number of aryl methyl sites for hydroxylation is 1. The van der Waals surface area contributed by atoms with Crippen LogP contribution in [0.1, 0.15) is 24.4 Å². The predicted molar refractivity (Wildman–Crippen MR) is 118 cm³/mol. The summed E-state index contributed by atoms with van der Waals surface area (Å²) < 4.78 is 7.24. The van der Waals surface area contributed by atoms with E-state index in [9.17, 15) is 10.2 Å². The fraction of sp³-hybridized carbons (Fsp3) is 0.348. The third-order valence-electron chi connectivity index (χ3n) is 6.38. The maximum atomic E-state index is 10.8. The number of aromatic nitrogens is 4. The fourth-order valence-electron chi connectivity index (χ4n) is 4.73. The molecule has 4 atom stereocenters. The van der Waals surface area contributed by atoms with E-state index in [0.717, 1.165) is 34.7 Å². The van der Waals surface area contributed by atoms with Crippen LogP contribution in [0.25, 0.3) is 21.9 Å². The Morgan fingerprint density at radius 3 is 2.81 bits per heavy atom. The maximum Gasteiger partial charge on any atom is 0.225 e. The summed E-state index contributed by atoms with van der Waals surface area (Å²) in [6, 6.07) is 11.6. The molecular weight excluding hydrogens is 394 g/mol. The number of aliphatic hydroxyl groups excluding tert-OH is 2. The molecule has 1 saturated carbocycles. The predicted octanol–water partition coefficient (Wildman–Crippen LogP) is 2.49. The molecule has 4 aromatic rings. The normalized spacial score (nSPS) is 23.6. The number of nitrogens with zero attached hydrogens (tertiary/aromatic N) is 4. The van der Waals surface area contributed by atoms with E-state index < -0.39 is 12.2 Å². The van der Waals surface area contributed by atoms with Crippen LogP contribution < -0.4 is 10.5 Å². The average Bonchev–Trinajstić information content (AvgIpc) is 3.33. The number of pyridine rings is 1. The highest BCUT2D eigenvalue weighted by atomic mass is 16.5. The molecule has 4 N–H and O–H groups in total. The van der Waals surface area contributed by atoms with Gasteiger partial charge in [-0.3, -0.25) is 0 Å². The molecule has 1 fully saturated rings. The van der Waals surface area contributed by atoms with Gasteiger partial charge in [-0.2, -0.15) is 0 Å². The number of hydrogen-bond acceptors (Lipinski definition) is 7. The minimum atomic E-state index is -0.861. The number of nitrogen functional groups attached to an aromatic ring is 1. The summed E-state index contributed by atoms with van der Waals surface area (Å²) in [7, 11) is 1.57. The van der Waals surface area contributed by atoms with Crippen molar-refractivity contribution >= 4 is 27.8 Å². The number of rotatable bonds is 5. The van der Waals surface area contributed by atoms with Gasteiger partial charge in [0.05, 0.1) is 30.2 Å². The molecule has 0 aliphatic heterocycles. The number of nitrogens with two attached hydrogens (primary N) is 1. The summed E-state index contributed by atoms with van der Waals surface area (Å²) in [6.45, 7) is 0. The van der Waals surface area contributed by atoms with Gasteiger partial charge in [0, 0.05) is 11.6 Å². The second-order valence-corrected chi connectivity index (χ2v) is 8.19. The number of anilines is 1. The van der Waals surface area contributed by atoms with Crippen LogP contribution in [0, 0.1) is 5.92 Å². The highest BCUT2D eigenvalue weighted by Gasteiger charge is 2.42. The maximum absolute atomic E-state index is 10.8. The molecule has 0 unspecified atom stereocenters. The summed E-state index contributed by atoms with van der Waals surface area (Å²) in [4.78, 5) is 12.9. The van der Waals surface area contributed by atoms with Gasteiger partial charge < -0.3 is 25.3 Å². The molecule has 31 heavy (non-hydrogen) atoms. The van der Waals surface area contributed by atoms with Crippen molar-refractivity contribution in [3.63, 3.8) is 0 Å². The molecule has 1 aromatic carbocycles. The van der Waals surface area contributed by atoms with Crippen molar-refractivity contribution in [2.24, 2.45) is 5.92 Å². The standard InChI is InChI=1S/C23H25N5O3/c1-31-23-16-8-9-28(22(16)25-12-26-23)18-11-15(20(29)21(18)30)5-3-13-2-4-14-6-7-19(24)27-17(14)10-13/h2,4,6-10,12,15,18,20-21,29-30H,3,5,11H2,1H3,(H2,24,27)/t15-,18+,20+,21-/m0/s1. The van der Waals surface area contributed by atoms with Crippen LogP contribution in [-0.2, 0) is 6.42 Å². The third-order valence-corrected chi connectivity index (χ3v) is 6.38. The lowest BCUT2D eigenvalue weighted by molar-refractivity contribution is 0.00545. The van der Waals surface area contributed by atoms with Crippen molar-refractivity contribution in [2.45, 2.75) is 37.5 Å². The van der Waals surface area contributed by atoms with Gasteiger partial charge in [-0.1, -0.05) is 12.1 Å². The van der Waals surface area contributed by atoms with Gasteiger partial charge in [0.15, 0.2) is 0 Å². The van der Waals surface area contributed by atoms with Gasteiger partial charge in [-0.25, -0.2) is 15.0 Å². The van der Waals surface area contributed by atoms with Gasteiger partial charge in [0.25, 0.3) is 0 Å². The van der Waals surface area contributed by atoms with Crippen molar-refractivity contribution < 1.29 is 14.9 Å². The molecule has 5 rings (SSSR count). The molecule has 1 aliphatic rings. The molecule has 0 amide bonds. The number of methoxy groups -OCH3 is 1. The van der Waals surface area contributed by atoms with Crippen LogP contribution in [-0.4, -0.2) is 49.0 Å². The van der Waals surface area contributed by atoms with E-state index in [4.69, 9.17) is 10.5 Å². The van der Waals surface area contributed by atoms with Crippen molar-refractivity contribution in [1.29, 1.82) is 0 Å². The molecule has 3 aromatic heterocycles. The SMILES string of the molecule is COc1ncnc2c1ccn2[C@@H]1C[C@H](CCc2ccc3ccc(N)nc3c2)[C@@H](O)[C@H]1O. The Hall–Kier alpha value is -3.23. The Bertz CT molecular complexity index is 1240. The summed E-state index contributed by atoms with van der Waals surface area (Å²) >= 11 is 0. The van der Waals surface area contributed by atoms with E-state index in [1.54, 1.807) is 13.2 Å². The molecule has 0 bridgehead atoms. The van der Waals surface area contributed by atoms with Crippen molar-refractivity contribution in [3.8, 4) is 5.88 Å². The van der Waals surface area contributed by atoms with Crippen molar-refractivity contribution in [1.82, 2.24) is 19.5 Å². The number of fused-ring (bicyclic) bond motifs is 2. The molecule has 0 radical (unpaired) electrons. The van der Waals surface area contributed by atoms with E-state index in [0.29, 0.717) is 23.8 Å². The lowest BCUT2D eigenvalue weighted by atomic mass is 9.95. The summed E-state index contributed by atoms with van der Waals surface area (Å²) in [6.07, 6.45) is 3.89. The van der Waals surface area contributed by atoms with Gasteiger partial charge in [-0.05, 0) is 55.0 Å². The first-order chi connectivity index (χ1) is 15.0. The molecule has 0 spiro atoms. The Kier molecular flexibility index (Phi) is 4.95. The Balaban J connectivity index is 1.34. The van der Waals surface area contributed by atoms with E-state index in [-0.39, 0.29) is 12.0 Å². The molecule has 1 aliphatic carbocycles. The Morgan fingerprint density at radius 2 is 1.97 bits per heavy atom. The first kappa shape index (κ1) is 19.7. The third kappa shape index (κ3) is 3.47. The Labute approximate surface area is 179 Å². The van der Waals surface area contributed by atoms with Crippen LogP contribution in [0.4, 0.5) is 5.82 Å². The van der Waals surface area contributed by atoms with Crippen molar-refractivity contribution in [3.05, 3.63) is 54.5 Å². The van der Waals surface area contributed by atoms with Crippen LogP contribution >= 0.6 is 0 Å². The molecule has 160 valence electrons. The molecular formula is C23H25N5O3. The second kappa shape index (κ2) is 7.79. The minimum Gasteiger partial charge on any atom is -0.480 e. The molecule has 8 heteroatoms. The van der Waals surface area contributed by atoms with Gasteiger partial charge in [-0.15, -0.1) is 0 Å². The van der Waals surface area contributed by atoms with Crippen LogP contribution in [0.3, 0.4) is 0 Å². The minimum absolute atomic E-state index is 0.0225. The molecule has 0 saturated heterocycles. The second-order valence-electron chi connectivity index (χ2n) is 8.19. The quantitative estimate of drug-likeness (QED) is 0.455. The lowest BCUT2D eigenvalue weighted by Gasteiger charge is -2.19.